The summed E-state index contributed by atoms with van der Waals surface area (Å²) in [6.07, 6.45) is 0. The summed E-state index contributed by atoms with van der Waals surface area (Å²) in [6, 6.07) is 7.82. The Bertz CT molecular complexity index is 1260. The molecule has 4 rings (SSSR count). The van der Waals surface area contributed by atoms with Gasteiger partial charge in [-0.25, -0.2) is 4.98 Å². The normalized spacial score (nSPS) is 11.2. The lowest BCUT2D eigenvalue weighted by molar-refractivity contribution is 0.102. The van der Waals surface area contributed by atoms with Crippen LogP contribution < -0.4 is 5.56 Å². The van der Waals surface area contributed by atoms with E-state index in [0.717, 1.165) is 11.1 Å². The van der Waals surface area contributed by atoms with Crippen LogP contribution in [0.2, 0.25) is 0 Å². The zero-order chi connectivity index (χ0) is 19.8. The van der Waals surface area contributed by atoms with Crippen LogP contribution in [-0.4, -0.2) is 25.9 Å². The number of fused-ring (bicyclic) bond motifs is 1. The number of benzene rings is 1. The molecule has 0 bridgehead atoms. The molecule has 0 aliphatic rings. The van der Waals surface area contributed by atoms with Crippen molar-refractivity contribution in [1.29, 1.82) is 0 Å². The Balaban J connectivity index is 1.56. The molecule has 0 aliphatic heterocycles. The van der Waals surface area contributed by atoms with Gasteiger partial charge in [0, 0.05) is 5.56 Å². The van der Waals surface area contributed by atoms with Crippen LogP contribution in [0.15, 0.2) is 38.7 Å². The van der Waals surface area contributed by atoms with Crippen LogP contribution >= 0.6 is 23.1 Å². The Morgan fingerprint density at radius 1 is 1.29 bits per heavy atom. The highest BCUT2D eigenvalue weighted by Gasteiger charge is 2.17. The minimum Gasteiger partial charge on any atom is -0.411 e. The first-order valence-corrected chi connectivity index (χ1v) is 10.3. The Morgan fingerprint density at radius 3 is 2.86 bits per heavy atom. The fourth-order valence-electron chi connectivity index (χ4n) is 2.89. The average Bonchev–Trinajstić information content (AvgIpc) is 3.25. The van der Waals surface area contributed by atoms with Gasteiger partial charge >= 0.3 is 0 Å². The molecule has 142 valence electrons. The molecule has 0 fully saturated rings. The second kappa shape index (κ2) is 7.33. The van der Waals surface area contributed by atoms with Gasteiger partial charge in [0.1, 0.15) is 10.7 Å². The Hall–Kier alpha value is -2.78. The maximum atomic E-state index is 12.4. The van der Waals surface area contributed by atoms with Gasteiger partial charge in [-0.2, -0.15) is 0 Å². The molecule has 3 aromatic heterocycles. The number of carbonyl (C=O) groups is 1. The molecule has 1 aromatic carbocycles. The standard InChI is InChI=1S/C19H16N4O3S2/c1-9-5-4-6-12(7-9)17-22-23-19(26-17)27-8-13-20-16(25)14-10(2)15(11(3)24)28-18(14)21-13/h4-7H,8H2,1-3H3,(H,20,21,25). The van der Waals surface area contributed by atoms with Crippen LogP contribution in [0, 0.1) is 13.8 Å². The van der Waals surface area contributed by atoms with Crippen molar-refractivity contribution in [1.82, 2.24) is 20.2 Å². The van der Waals surface area contributed by atoms with E-state index in [4.69, 9.17) is 4.42 Å². The van der Waals surface area contributed by atoms with Crippen molar-refractivity contribution in [2.75, 3.05) is 0 Å². The number of rotatable bonds is 5. The van der Waals surface area contributed by atoms with Crippen molar-refractivity contribution < 1.29 is 9.21 Å². The lowest BCUT2D eigenvalue weighted by Gasteiger charge is -1.99. The van der Waals surface area contributed by atoms with E-state index in [2.05, 4.69) is 20.2 Å². The topological polar surface area (TPSA) is 102 Å². The monoisotopic (exact) mass is 412 g/mol. The minimum atomic E-state index is -0.243. The van der Waals surface area contributed by atoms with E-state index in [1.807, 2.05) is 31.2 Å². The van der Waals surface area contributed by atoms with Gasteiger partial charge in [-0.1, -0.05) is 29.5 Å². The third-order valence-corrected chi connectivity index (χ3v) is 6.29. The number of nitrogens with zero attached hydrogens (tertiary/aromatic N) is 3. The van der Waals surface area contributed by atoms with Crippen molar-refractivity contribution in [3.63, 3.8) is 0 Å². The summed E-state index contributed by atoms with van der Waals surface area (Å²) < 4.78 is 5.70. The number of thiophene rings is 1. The minimum absolute atomic E-state index is 0.0645. The number of hydrogen-bond acceptors (Lipinski definition) is 8. The number of hydrogen-bond donors (Lipinski definition) is 1. The number of aryl methyl sites for hydroxylation is 2. The largest absolute Gasteiger partial charge is 0.411 e. The quantitative estimate of drug-likeness (QED) is 0.388. The summed E-state index contributed by atoms with van der Waals surface area (Å²) in [4.78, 5) is 32.5. The lowest BCUT2D eigenvalue weighted by atomic mass is 10.1. The van der Waals surface area contributed by atoms with Gasteiger partial charge in [0.05, 0.1) is 16.0 Å². The van der Waals surface area contributed by atoms with Gasteiger partial charge in [-0.05, 0) is 38.5 Å². The van der Waals surface area contributed by atoms with Crippen LogP contribution in [0.5, 0.6) is 0 Å². The number of ketones is 1. The van der Waals surface area contributed by atoms with Crippen LogP contribution in [0.25, 0.3) is 21.7 Å². The number of H-pyrrole nitrogens is 1. The molecule has 0 unspecified atom stereocenters. The van der Waals surface area contributed by atoms with Crippen molar-refractivity contribution in [2.45, 2.75) is 31.7 Å². The predicted octanol–water partition coefficient (Wildman–Crippen LogP) is 4.15. The number of thioether (sulfide) groups is 1. The Kier molecular flexibility index (Phi) is 4.86. The maximum Gasteiger partial charge on any atom is 0.277 e. The van der Waals surface area contributed by atoms with Crippen LogP contribution in [0.1, 0.15) is 33.5 Å². The van der Waals surface area contributed by atoms with Gasteiger partial charge in [0.2, 0.25) is 5.89 Å². The average molecular weight is 412 g/mol. The molecule has 3 heterocycles. The molecular weight excluding hydrogens is 396 g/mol. The van der Waals surface area contributed by atoms with Crippen LogP contribution in [0.3, 0.4) is 0 Å². The van der Waals surface area contributed by atoms with E-state index in [9.17, 15) is 9.59 Å². The van der Waals surface area contributed by atoms with Crippen molar-refractivity contribution in [3.05, 3.63) is 56.4 Å². The van der Waals surface area contributed by atoms with E-state index in [0.29, 0.717) is 43.3 Å². The zero-order valence-corrected chi connectivity index (χ0v) is 17.0. The number of aromatic nitrogens is 4. The molecule has 28 heavy (non-hydrogen) atoms. The summed E-state index contributed by atoms with van der Waals surface area (Å²) in [5.41, 5.74) is 2.40. The van der Waals surface area contributed by atoms with Crippen molar-refractivity contribution in [2.24, 2.45) is 0 Å². The zero-order valence-electron chi connectivity index (χ0n) is 15.4. The molecule has 0 atom stereocenters. The summed E-state index contributed by atoms with van der Waals surface area (Å²) in [5.74, 6) is 1.25. The van der Waals surface area contributed by atoms with Gasteiger partial charge in [0.25, 0.3) is 10.8 Å². The fraction of sp³-hybridized carbons (Fsp3) is 0.211. The first-order valence-electron chi connectivity index (χ1n) is 8.49. The molecule has 0 radical (unpaired) electrons. The Morgan fingerprint density at radius 2 is 2.11 bits per heavy atom. The van der Waals surface area contributed by atoms with E-state index in [1.165, 1.54) is 30.0 Å². The number of Topliss-reactive ketones (excluding diaryl/α,β-unsaturated/α-hetero) is 1. The summed E-state index contributed by atoms with van der Waals surface area (Å²) >= 11 is 2.54. The van der Waals surface area contributed by atoms with E-state index in [1.54, 1.807) is 6.92 Å². The Labute approximate surface area is 168 Å². The predicted molar refractivity (Wildman–Crippen MR) is 109 cm³/mol. The molecular formula is C19H16N4O3S2. The number of carbonyl (C=O) groups excluding carboxylic acids is 1. The SMILES string of the molecule is CC(=O)c1sc2nc(CSc3nnc(-c4cccc(C)c4)o3)[nH]c(=O)c2c1C. The lowest BCUT2D eigenvalue weighted by Crippen LogP contribution is -2.11. The first-order chi connectivity index (χ1) is 13.4. The summed E-state index contributed by atoms with van der Waals surface area (Å²) in [7, 11) is 0. The molecule has 4 aromatic rings. The second-order valence-electron chi connectivity index (χ2n) is 6.34. The van der Waals surface area contributed by atoms with Crippen LogP contribution in [-0.2, 0) is 5.75 Å². The van der Waals surface area contributed by atoms with E-state index >= 15 is 0 Å². The molecule has 7 nitrogen and oxygen atoms in total. The second-order valence-corrected chi connectivity index (χ2v) is 8.26. The third kappa shape index (κ3) is 3.50. The highest BCUT2D eigenvalue weighted by Crippen LogP contribution is 2.29. The van der Waals surface area contributed by atoms with E-state index in [-0.39, 0.29) is 11.3 Å². The van der Waals surface area contributed by atoms with Gasteiger partial charge in [0.15, 0.2) is 5.78 Å². The van der Waals surface area contributed by atoms with Gasteiger partial charge < -0.3 is 9.40 Å². The summed E-state index contributed by atoms with van der Waals surface area (Å²) in [6.45, 7) is 5.26. The van der Waals surface area contributed by atoms with Crippen LogP contribution in [0.4, 0.5) is 0 Å². The number of aromatic amines is 1. The molecule has 0 saturated carbocycles. The van der Waals surface area contributed by atoms with Crippen molar-refractivity contribution in [3.8, 4) is 11.5 Å². The molecule has 0 spiro atoms. The van der Waals surface area contributed by atoms with E-state index < -0.39 is 0 Å². The van der Waals surface area contributed by atoms with Gasteiger partial charge in [-0.3, -0.25) is 9.59 Å². The first kappa shape index (κ1) is 18.6. The van der Waals surface area contributed by atoms with Gasteiger partial charge in [-0.15, -0.1) is 21.5 Å². The molecule has 0 amide bonds. The third-order valence-electron chi connectivity index (χ3n) is 4.17. The highest BCUT2D eigenvalue weighted by atomic mass is 32.2. The molecule has 0 saturated heterocycles. The molecule has 1 N–H and O–H groups in total. The maximum absolute atomic E-state index is 12.4. The molecule has 9 heteroatoms. The number of nitrogens with one attached hydrogen (secondary N) is 1. The molecule has 0 aliphatic carbocycles. The summed E-state index contributed by atoms with van der Waals surface area (Å²) in [5, 5.41) is 8.99. The van der Waals surface area contributed by atoms with Crippen molar-refractivity contribution >= 4 is 39.1 Å². The smallest absolute Gasteiger partial charge is 0.277 e. The fourth-order valence-corrected chi connectivity index (χ4v) is 4.61. The highest BCUT2D eigenvalue weighted by molar-refractivity contribution is 7.98.